The second-order valence-corrected chi connectivity index (χ2v) is 34.3. The number of nitrogens with two attached hydrogens (primary N) is 2. The Kier molecular flexibility index (Phi) is 34.0. The Hall–Kier alpha value is -9.57. The van der Waals surface area contributed by atoms with Gasteiger partial charge in [0.1, 0.15) is 57.2 Å². The van der Waals surface area contributed by atoms with Crippen LogP contribution in [0.15, 0.2) is 159 Å². The summed E-state index contributed by atoms with van der Waals surface area (Å²) in [5.41, 5.74) is 35.9. The van der Waals surface area contributed by atoms with Crippen molar-refractivity contribution in [3.05, 3.63) is 207 Å². The number of nitrogens with zero attached hydrogens (tertiary/aromatic N) is 4. The highest BCUT2D eigenvalue weighted by Crippen LogP contribution is 2.57. The number of aliphatic hydroxyl groups excluding tert-OH is 4. The van der Waals surface area contributed by atoms with E-state index < -0.39 is 166 Å². The van der Waals surface area contributed by atoms with Gasteiger partial charge in [-0.2, -0.15) is 0 Å². The van der Waals surface area contributed by atoms with Crippen molar-refractivity contribution in [1.82, 2.24) is 19.6 Å². The van der Waals surface area contributed by atoms with E-state index in [4.69, 9.17) is 85.1 Å². The van der Waals surface area contributed by atoms with Gasteiger partial charge in [-0.25, -0.2) is 0 Å². The Morgan fingerprint density at radius 2 is 0.909 bits per heavy atom. The lowest BCUT2D eigenvalue weighted by Gasteiger charge is -2.50. The smallest absolute Gasteiger partial charge is 0.488 e. The number of benzene rings is 4. The minimum atomic E-state index is -2.70. The first-order valence-electron chi connectivity index (χ1n) is 38.0. The molecule has 14 N–H and O–H groups in total. The van der Waals surface area contributed by atoms with E-state index in [-0.39, 0.29) is 59.5 Å². The average Bonchev–Trinajstić information content (AvgIpc) is 0.701. The summed E-state index contributed by atoms with van der Waals surface area (Å²) in [4.78, 5) is 86.0. The van der Waals surface area contributed by atoms with Gasteiger partial charge in [-0.15, -0.1) is 0 Å². The first kappa shape index (κ1) is 100. The molecule has 2 amide bonds. The average molecular weight is 1730 g/mol. The monoisotopic (exact) mass is 1730 g/mol. The van der Waals surface area contributed by atoms with Crippen LogP contribution in [0.5, 0.6) is 23.0 Å². The number of likely N-dealkylation sites (N-methyl/N-ethyl adjacent to an activating group) is 2. The number of hydrogen-bond acceptors (Lipinski definition) is 22. The van der Waals surface area contributed by atoms with Crippen LogP contribution in [-0.2, 0) is 65.5 Å². The zero-order valence-corrected chi connectivity index (χ0v) is 73.0. The van der Waals surface area contributed by atoms with Gasteiger partial charge in [0.15, 0.2) is 22.8 Å². The number of rotatable bonds is 16. The van der Waals surface area contributed by atoms with Crippen molar-refractivity contribution < 1.29 is 89.1 Å². The van der Waals surface area contributed by atoms with Gasteiger partial charge in [0.05, 0.1) is 37.4 Å². The van der Waals surface area contributed by atoms with Crippen LogP contribution < -0.4 is 26.4 Å². The van der Waals surface area contributed by atoms with E-state index in [1.807, 2.05) is 116 Å². The summed E-state index contributed by atoms with van der Waals surface area (Å²) in [6, 6.07) is 12.6. The number of carbonyl (C=O) groups is 6. The fraction of sp³-hybridized carbons (Fsp3) is 0.386. The molecule has 0 saturated heterocycles. The third kappa shape index (κ3) is 21.7. The maximum Gasteiger partial charge on any atom is 0.488 e. The number of halogens is 1. The largest absolute Gasteiger partial charge is 0.508 e. The molecule has 24 nitrogen and oxygen atoms in total. The first-order chi connectivity index (χ1) is 56.2. The third-order valence-corrected chi connectivity index (χ3v) is 22.5. The van der Waals surface area contributed by atoms with Crippen LogP contribution in [0, 0.1) is 27.2 Å². The molecule has 0 heterocycles. The van der Waals surface area contributed by atoms with Gasteiger partial charge in [-0.3, -0.25) is 38.6 Å². The molecular weight excluding hydrogens is 1640 g/mol. The standard InChI is InChI=1S/C35H43N3O8.C25H29IN2O7.C13H4.C10H16BNO3.B12/c1-34(2,3)23-14-20(17-9-16(15-37(4)5)10-19(11-17)46-8)21-12-18-13-22-27(38(6)7)30(41)26(33(36)44)32(43)35(22,45)31(42)24(18)29(40)25(21)28(23)39;1-24(2,3)12-8-13(26)10-6-9-7-11-17(28(4)5)20(31)16(23(27)34)22(33)25(11,35)21(32)14(9)19(30)15(10)18(12)29;1-3-5-7-9-11-13-12-10-8-6-4-2;1-12(2)7-8-4-9(11(13)14)6-10(5-8)15-3;1-8(2)11(7)12(9(3)4)10(5)6/h9-11,14,18,22,27,39-40,43,45H,12-13,15H2,1-8H3,(H2,36,44);8-9,11,17,29-30,33,35H,6-7H2,1-5H3,(H2,27,34);1-2H2;4-6,13-14H,7H2,1-3H3;/t18-,22-,27-,35-;9-,11-,17-,25-;;;/m00.../s1. The maximum absolute atomic E-state index is 14.3. The number of aromatic hydroxyl groups is 2. The van der Waals surface area contributed by atoms with Crippen LogP contribution in [0.25, 0.3) is 22.6 Å². The number of amides is 2. The number of hydrogen-bond donors (Lipinski definition) is 12. The summed E-state index contributed by atoms with van der Waals surface area (Å²) < 4.78 is 11.5. The van der Waals surface area contributed by atoms with Crippen molar-refractivity contribution in [3.8, 4) is 34.1 Å². The van der Waals surface area contributed by atoms with Crippen LogP contribution >= 0.6 is 22.6 Å². The number of Topliss-reactive ketones (excluding diaryl/α,β-unsaturated/α-hetero) is 4. The molecule has 0 aliphatic heterocycles. The van der Waals surface area contributed by atoms with Crippen molar-refractivity contribution >= 4 is 168 Å². The van der Waals surface area contributed by atoms with Gasteiger partial charge in [0.25, 0.3) is 11.8 Å². The molecule has 0 spiro atoms. The quantitative estimate of drug-likeness (QED) is 0.0331. The first-order valence-corrected chi connectivity index (χ1v) is 39.1. The molecule has 6 aliphatic rings. The van der Waals surface area contributed by atoms with Gasteiger partial charge in [0.2, 0.25) is 11.6 Å². The Balaban J connectivity index is 0.000000263. The van der Waals surface area contributed by atoms with E-state index in [9.17, 15) is 69.6 Å². The molecule has 14 radical (unpaired) electrons. The second-order valence-electron chi connectivity index (χ2n) is 33.1. The number of phenols is 2. The molecule has 10 rings (SSSR count). The predicted octanol–water partition coefficient (Wildman–Crippen LogP) is 2.24. The van der Waals surface area contributed by atoms with Crippen LogP contribution in [0.2, 0.25) is 0 Å². The number of aliphatic hydroxyl groups is 6. The minimum absolute atomic E-state index is 0.0109. The number of methoxy groups -OCH3 is 2. The van der Waals surface area contributed by atoms with Crippen molar-refractivity contribution in [2.45, 2.75) is 114 Å². The molecule has 8 atom stereocenters. The highest BCUT2D eigenvalue weighted by Gasteiger charge is 2.66. The van der Waals surface area contributed by atoms with E-state index in [0.717, 1.165) is 32.4 Å². The molecular formula is C83H92B13IN6O18. The van der Waals surface area contributed by atoms with Gasteiger partial charge >= 0.3 is 7.12 Å². The molecule has 0 bridgehead atoms. The molecule has 4 aromatic rings. The third-order valence-electron chi connectivity index (χ3n) is 21.5. The highest BCUT2D eigenvalue weighted by molar-refractivity contribution is 14.1. The summed E-state index contributed by atoms with van der Waals surface area (Å²) in [5.74, 6) is -11.9. The summed E-state index contributed by atoms with van der Waals surface area (Å²) in [5, 5.41) is 110. The summed E-state index contributed by atoms with van der Waals surface area (Å²) in [7, 11) is 53.7. The molecule has 38 heteroatoms. The van der Waals surface area contributed by atoms with E-state index in [0.29, 0.717) is 45.8 Å². The zero-order valence-electron chi connectivity index (χ0n) is 70.8. The van der Waals surface area contributed by atoms with Crippen molar-refractivity contribution in [3.63, 3.8) is 0 Å². The van der Waals surface area contributed by atoms with E-state index in [2.05, 4.69) is 98.8 Å². The van der Waals surface area contributed by atoms with Crippen LogP contribution in [0.3, 0.4) is 0 Å². The molecule has 0 aromatic heterocycles. The molecule has 608 valence electrons. The van der Waals surface area contributed by atoms with Gasteiger partial charge in [0, 0.05) is 137 Å². The lowest BCUT2D eigenvalue weighted by molar-refractivity contribution is -0.155. The summed E-state index contributed by atoms with van der Waals surface area (Å²) in [6.07, 6.45) is -2.67. The highest BCUT2D eigenvalue weighted by atomic mass is 127. The number of primary amides is 2. The second kappa shape index (κ2) is 41.1. The van der Waals surface area contributed by atoms with Crippen molar-refractivity contribution in [2.24, 2.45) is 35.1 Å². The molecule has 6 aliphatic carbocycles. The normalized spacial score (nSPS) is 20.3. The van der Waals surface area contributed by atoms with Crippen molar-refractivity contribution in [2.75, 3.05) is 70.6 Å². The van der Waals surface area contributed by atoms with E-state index in [1.54, 1.807) is 54.5 Å². The lowest BCUT2D eigenvalue weighted by Crippen LogP contribution is -2.67. The van der Waals surface area contributed by atoms with Gasteiger partial charge in [-0.05, 0) is 273 Å². The molecule has 0 unspecified atom stereocenters. The lowest BCUT2D eigenvalue weighted by atomic mass is 8.53. The molecule has 2 fully saturated rings. The van der Waals surface area contributed by atoms with E-state index in [1.165, 1.54) is 9.80 Å². The Morgan fingerprint density at radius 3 is 1.24 bits per heavy atom. The number of fused-ring (bicyclic) bond motifs is 6. The van der Waals surface area contributed by atoms with Crippen LogP contribution in [0.1, 0.15) is 98.9 Å². The Labute approximate surface area is 732 Å². The SMILES string of the molecule is C=C=C=C=C=C=C=C=C=C=C=C=C.CN(C)[C@@H]1C(=O)C(C(N)=O)=C(O)[C@@]2(O)C(=O)C3=C(O)c4c(O)c(C(C)(C)C)cc(I)c4C[C@H]3C[C@@H]12.COc1cc(CN(C)C)cc(-c2cc(C(C)(C)C)c(O)c3c2C[C@H]2C[C@H]4[C@H](N(C)C)C(=O)C(C(N)=O)=C(O)[C@@]4(O)C(=O)C2=C3O)c1.COc1cc(CN(C)C)cc(B(O)O)c1.[B]B([B])B([B])B(B([B])[B])B([B])[B]. The Bertz CT molecular complexity index is 5310. The number of phenolic OH excluding ortho intramolecular Hbond substituents is 2. The van der Waals surface area contributed by atoms with Crippen LogP contribution in [0.4, 0.5) is 0 Å². The Morgan fingerprint density at radius 1 is 0.545 bits per heavy atom. The predicted molar refractivity (Wildman–Crippen MR) is 487 cm³/mol. The zero-order chi connectivity index (χ0) is 91.6. The molecule has 4 aromatic carbocycles. The molecule has 121 heavy (non-hydrogen) atoms. The maximum atomic E-state index is 14.3. The summed E-state index contributed by atoms with van der Waals surface area (Å²) in [6.45, 7) is 19.4. The minimum Gasteiger partial charge on any atom is -0.508 e. The fourth-order valence-corrected chi connectivity index (χ4v) is 16.9. The number of ether oxygens (including phenoxy) is 2. The van der Waals surface area contributed by atoms with Gasteiger partial charge in [-0.1, -0.05) is 59.1 Å². The van der Waals surface area contributed by atoms with E-state index >= 15 is 0 Å². The van der Waals surface area contributed by atoms with Crippen molar-refractivity contribution in [1.29, 1.82) is 0 Å². The number of ketones is 4. The fourth-order valence-electron chi connectivity index (χ4n) is 16.1. The number of carbonyl (C=O) groups excluding carboxylic acids is 6. The van der Waals surface area contributed by atoms with Gasteiger partial charge < -0.3 is 81.6 Å². The molecule has 2 saturated carbocycles. The van der Waals surface area contributed by atoms with Crippen LogP contribution in [-0.4, -0.2) is 293 Å². The topological polar surface area (TPSA) is 388 Å². The summed E-state index contributed by atoms with van der Waals surface area (Å²) >= 11 is 2.14.